The lowest BCUT2D eigenvalue weighted by molar-refractivity contribution is 0.474. The summed E-state index contributed by atoms with van der Waals surface area (Å²) in [5, 5.41) is 12.7. The lowest BCUT2D eigenvalue weighted by Gasteiger charge is -2.08. The summed E-state index contributed by atoms with van der Waals surface area (Å²) < 4.78 is 0. The van der Waals surface area contributed by atoms with E-state index < -0.39 is 0 Å². The van der Waals surface area contributed by atoms with Gasteiger partial charge < -0.3 is 15.4 Å². The van der Waals surface area contributed by atoms with Gasteiger partial charge in [0.1, 0.15) is 11.6 Å². The Balaban J connectivity index is 1.85. The lowest BCUT2D eigenvalue weighted by Crippen LogP contribution is -1.97. The molecule has 0 aliphatic heterocycles. The average Bonchev–Trinajstić information content (AvgIpc) is 2.86. The number of rotatable bonds is 4. The van der Waals surface area contributed by atoms with Crippen molar-refractivity contribution in [2.45, 2.75) is 16.7 Å². The van der Waals surface area contributed by atoms with Crippen LogP contribution in [0.1, 0.15) is 5.69 Å². The molecule has 0 saturated carbocycles. The maximum atomic E-state index is 9.54. The Labute approximate surface area is 126 Å². The highest BCUT2D eigenvalue weighted by Crippen LogP contribution is 2.34. The van der Waals surface area contributed by atoms with Gasteiger partial charge in [-0.05, 0) is 37.3 Å². The fourth-order valence-corrected chi connectivity index (χ4v) is 2.76. The van der Waals surface area contributed by atoms with Gasteiger partial charge in [0.2, 0.25) is 5.95 Å². The molecule has 0 bridgehead atoms. The number of hydrogen-bond donors (Lipinski definition) is 3. The van der Waals surface area contributed by atoms with E-state index in [1.165, 1.54) is 11.8 Å². The number of benzene rings is 1. The molecule has 3 N–H and O–H groups in total. The summed E-state index contributed by atoms with van der Waals surface area (Å²) in [6.07, 6.45) is 3.48. The molecular formula is C15H14N4OS. The van der Waals surface area contributed by atoms with Crippen LogP contribution in [0.25, 0.3) is 0 Å². The van der Waals surface area contributed by atoms with E-state index in [2.05, 4.69) is 20.3 Å². The second-order valence-electron chi connectivity index (χ2n) is 4.49. The highest BCUT2D eigenvalue weighted by Gasteiger charge is 2.07. The van der Waals surface area contributed by atoms with Crippen molar-refractivity contribution in [1.82, 2.24) is 15.0 Å². The molecule has 0 aliphatic rings. The van der Waals surface area contributed by atoms with Crippen molar-refractivity contribution < 1.29 is 5.11 Å². The van der Waals surface area contributed by atoms with Crippen molar-refractivity contribution in [3.8, 4) is 5.75 Å². The standard InChI is InChI=1S/C15H14N4OS/c1-10-9-17-15(18-10)19-14-13(6-3-7-16-14)21-12-5-2-4-11(20)8-12/h2-9,20H,1H3,(H2,16,17,18,19). The van der Waals surface area contributed by atoms with E-state index in [4.69, 9.17) is 0 Å². The first kappa shape index (κ1) is 13.5. The highest BCUT2D eigenvalue weighted by atomic mass is 32.2. The minimum absolute atomic E-state index is 0.250. The molecule has 3 aromatic rings. The molecule has 2 heterocycles. The van der Waals surface area contributed by atoms with Crippen molar-refractivity contribution in [1.29, 1.82) is 0 Å². The molecule has 106 valence electrons. The Morgan fingerprint density at radius 3 is 2.86 bits per heavy atom. The zero-order chi connectivity index (χ0) is 14.7. The molecule has 0 radical (unpaired) electrons. The quantitative estimate of drug-likeness (QED) is 0.684. The Hall–Kier alpha value is -2.47. The first-order valence-corrected chi connectivity index (χ1v) is 7.23. The molecule has 0 aliphatic carbocycles. The maximum Gasteiger partial charge on any atom is 0.206 e. The molecule has 0 amide bonds. The van der Waals surface area contributed by atoms with Crippen LogP contribution >= 0.6 is 11.8 Å². The number of phenols is 1. The van der Waals surface area contributed by atoms with Gasteiger partial charge in [-0.2, -0.15) is 0 Å². The van der Waals surface area contributed by atoms with E-state index in [1.54, 1.807) is 24.5 Å². The highest BCUT2D eigenvalue weighted by molar-refractivity contribution is 7.99. The number of H-pyrrole nitrogens is 1. The number of pyridine rings is 1. The van der Waals surface area contributed by atoms with Crippen LogP contribution in [0.2, 0.25) is 0 Å². The maximum absolute atomic E-state index is 9.54. The summed E-state index contributed by atoms with van der Waals surface area (Å²) in [5.41, 5.74) is 0.982. The summed E-state index contributed by atoms with van der Waals surface area (Å²) >= 11 is 1.53. The van der Waals surface area contributed by atoms with E-state index in [0.29, 0.717) is 5.95 Å². The van der Waals surface area contributed by atoms with Gasteiger partial charge in [0.25, 0.3) is 0 Å². The molecule has 2 aromatic heterocycles. The Bertz CT molecular complexity index is 757. The van der Waals surface area contributed by atoms with E-state index in [1.807, 2.05) is 31.2 Å². The third kappa shape index (κ3) is 3.35. The van der Waals surface area contributed by atoms with Gasteiger partial charge in [-0.1, -0.05) is 17.8 Å². The largest absolute Gasteiger partial charge is 0.508 e. The molecule has 0 fully saturated rings. The van der Waals surface area contributed by atoms with E-state index in [-0.39, 0.29) is 5.75 Å². The van der Waals surface area contributed by atoms with Gasteiger partial charge in [-0.25, -0.2) is 9.97 Å². The first-order chi connectivity index (χ1) is 10.2. The van der Waals surface area contributed by atoms with Crippen LogP contribution in [0.3, 0.4) is 0 Å². The number of aromatic hydroxyl groups is 1. The summed E-state index contributed by atoms with van der Waals surface area (Å²) in [7, 11) is 0. The van der Waals surface area contributed by atoms with Crippen LogP contribution in [0.15, 0.2) is 58.6 Å². The van der Waals surface area contributed by atoms with Crippen LogP contribution in [0, 0.1) is 6.92 Å². The minimum Gasteiger partial charge on any atom is -0.508 e. The molecule has 3 rings (SSSR count). The predicted molar refractivity (Wildman–Crippen MR) is 83.1 cm³/mol. The SMILES string of the molecule is Cc1cnc(Nc2ncccc2Sc2cccc(O)c2)[nH]1. The predicted octanol–water partition coefficient (Wildman–Crippen LogP) is 3.71. The van der Waals surface area contributed by atoms with Crippen LogP contribution in [-0.4, -0.2) is 20.1 Å². The fourth-order valence-electron chi connectivity index (χ4n) is 1.83. The Morgan fingerprint density at radius 2 is 2.10 bits per heavy atom. The molecular weight excluding hydrogens is 284 g/mol. The summed E-state index contributed by atoms with van der Waals surface area (Å²) in [5.74, 6) is 1.63. The molecule has 21 heavy (non-hydrogen) atoms. The fraction of sp³-hybridized carbons (Fsp3) is 0.0667. The first-order valence-electron chi connectivity index (χ1n) is 6.41. The van der Waals surface area contributed by atoms with Crippen molar-refractivity contribution in [2.24, 2.45) is 0 Å². The van der Waals surface area contributed by atoms with Crippen molar-refractivity contribution in [3.63, 3.8) is 0 Å². The topological polar surface area (TPSA) is 73.8 Å². The van der Waals surface area contributed by atoms with Gasteiger partial charge in [0.05, 0.1) is 4.90 Å². The number of anilines is 2. The molecule has 6 heteroatoms. The van der Waals surface area contributed by atoms with Gasteiger partial charge in [-0.15, -0.1) is 0 Å². The number of aromatic nitrogens is 3. The Morgan fingerprint density at radius 1 is 1.19 bits per heavy atom. The monoisotopic (exact) mass is 298 g/mol. The summed E-state index contributed by atoms with van der Waals surface area (Å²) in [6.45, 7) is 1.94. The van der Waals surface area contributed by atoms with E-state index in [0.717, 1.165) is 21.3 Å². The molecule has 5 nitrogen and oxygen atoms in total. The van der Waals surface area contributed by atoms with Crippen molar-refractivity contribution in [3.05, 3.63) is 54.5 Å². The van der Waals surface area contributed by atoms with Crippen molar-refractivity contribution in [2.75, 3.05) is 5.32 Å². The number of aromatic amines is 1. The summed E-state index contributed by atoms with van der Waals surface area (Å²) in [6, 6.07) is 11.0. The summed E-state index contributed by atoms with van der Waals surface area (Å²) in [4.78, 5) is 13.6. The van der Waals surface area contributed by atoms with Gasteiger partial charge in [0, 0.05) is 23.0 Å². The van der Waals surface area contributed by atoms with Crippen LogP contribution in [-0.2, 0) is 0 Å². The van der Waals surface area contributed by atoms with Crippen LogP contribution in [0.4, 0.5) is 11.8 Å². The zero-order valence-electron chi connectivity index (χ0n) is 11.4. The average molecular weight is 298 g/mol. The van der Waals surface area contributed by atoms with Crippen LogP contribution in [0.5, 0.6) is 5.75 Å². The lowest BCUT2D eigenvalue weighted by atomic mass is 10.3. The smallest absolute Gasteiger partial charge is 0.206 e. The van der Waals surface area contributed by atoms with Crippen LogP contribution < -0.4 is 5.32 Å². The third-order valence-corrected chi connectivity index (χ3v) is 3.79. The third-order valence-electron chi connectivity index (χ3n) is 2.76. The molecule has 0 unspecified atom stereocenters. The normalized spacial score (nSPS) is 10.5. The number of hydrogen-bond acceptors (Lipinski definition) is 5. The molecule has 0 atom stereocenters. The second-order valence-corrected chi connectivity index (χ2v) is 5.60. The van der Waals surface area contributed by atoms with Gasteiger partial charge in [-0.3, -0.25) is 0 Å². The number of phenolic OH excluding ortho intramolecular Hbond substituents is 1. The number of aryl methyl sites for hydroxylation is 1. The number of imidazole rings is 1. The zero-order valence-corrected chi connectivity index (χ0v) is 12.2. The number of nitrogens with zero attached hydrogens (tertiary/aromatic N) is 2. The molecule has 0 spiro atoms. The van der Waals surface area contributed by atoms with Crippen molar-refractivity contribution >= 4 is 23.5 Å². The second kappa shape index (κ2) is 5.88. The van der Waals surface area contributed by atoms with Gasteiger partial charge >= 0.3 is 0 Å². The Kier molecular flexibility index (Phi) is 3.79. The van der Waals surface area contributed by atoms with E-state index in [9.17, 15) is 5.11 Å². The molecule has 1 aromatic carbocycles. The number of nitrogens with one attached hydrogen (secondary N) is 2. The minimum atomic E-state index is 0.250. The van der Waals surface area contributed by atoms with E-state index >= 15 is 0 Å². The molecule has 0 saturated heterocycles. The van der Waals surface area contributed by atoms with Gasteiger partial charge in [0.15, 0.2) is 0 Å².